The van der Waals surface area contributed by atoms with Gasteiger partial charge in [-0.3, -0.25) is 19.6 Å². The zero-order valence-electron chi connectivity index (χ0n) is 17.8. The summed E-state index contributed by atoms with van der Waals surface area (Å²) in [6.07, 6.45) is 3.17. The first-order valence-electron chi connectivity index (χ1n) is 10.8. The van der Waals surface area contributed by atoms with Crippen molar-refractivity contribution in [1.82, 2.24) is 5.06 Å². The molecule has 5 N–H and O–H groups in total. The average Bonchev–Trinajstić information content (AvgIpc) is 2.97. The number of hydrogen-bond donors (Lipinski definition) is 4. The minimum Gasteiger partial charge on any atom is -0.388 e. The Morgan fingerprint density at radius 1 is 1.26 bits per heavy atom. The first-order chi connectivity index (χ1) is 14.4. The van der Waals surface area contributed by atoms with Gasteiger partial charge in [-0.15, -0.1) is 0 Å². The lowest BCUT2D eigenvalue weighted by molar-refractivity contribution is -0.180. The Hall–Kier alpha value is -2.10. The van der Waals surface area contributed by atoms with E-state index in [0.29, 0.717) is 24.3 Å². The number of aliphatic hydroxyl groups excluding tert-OH is 1. The van der Waals surface area contributed by atoms with Crippen molar-refractivity contribution in [2.45, 2.75) is 64.0 Å². The monoisotopic (exact) mass is 434 g/mol. The van der Waals surface area contributed by atoms with Crippen LogP contribution in [0.15, 0.2) is 11.6 Å². The molecule has 9 heteroatoms. The molecule has 2 amide bonds. The van der Waals surface area contributed by atoms with Crippen LogP contribution in [0.1, 0.15) is 52.4 Å². The number of carbonyl (C=O) groups excluding carboxylic acids is 4. The summed E-state index contributed by atoms with van der Waals surface area (Å²) in [5.41, 5.74) is 2.31. The molecular weight excluding hydrogens is 404 g/mol. The first-order valence-corrected chi connectivity index (χ1v) is 10.8. The molecule has 170 valence electrons. The van der Waals surface area contributed by atoms with Gasteiger partial charge in [-0.1, -0.05) is 19.4 Å². The maximum absolute atomic E-state index is 13.6. The third-order valence-electron chi connectivity index (χ3n) is 9.05. The van der Waals surface area contributed by atoms with E-state index in [2.05, 4.69) is 0 Å². The van der Waals surface area contributed by atoms with Crippen molar-refractivity contribution in [2.75, 3.05) is 6.61 Å². The molecular formula is C22H30N2O7. The SMILES string of the molecule is C[C@]12CC(=O)[C@H]3[C@@H](CCC4=CC(=O)CC(N(O)C(N)=O)[C@@]43C)[C@@H]1CC[C@]2(O)C(=O)CO. The number of carbonyl (C=O) groups is 4. The third-order valence-corrected chi connectivity index (χ3v) is 9.05. The molecule has 7 atom stereocenters. The number of aliphatic hydroxyl groups is 2. The van der Waals surface area contributed by atoms with Crippen LogP contribution in [0.5, 0.6) is 0 Å². The van der Waals surface area contributed by atoms with Crippen molar-refractivity contribution in [3.8, 4) is 0 Å². The van der Waals surface area contributed by atoms with Crippen molar-refractivity contribution in [3.05, 3.63) is 11.6 Å². The van der Waals surface area contributed by atoms with Crippen LogP contribution in [0.3, 0.4) is 0 Å². The maximum Gasteiger partial charge on any atom is 0.338 e. The van der Waals surface area contributed by atoms with Crippen molar-refractivity contribution < 1.29 is 34.6 Å². The molecule has 0 aromatic rings. The highest BCUT2D eigenvalue weighted by Gasteiger charge is 2.69. The van der Waals surface area contributed by atoms with E-state index in [1.165, 1.54) is 6.08 Å². The maximum atomic E-state index is 13.6. The van der Waals surface area contributed by atoms with Gasteiger partial charge in [0, 0.05) is 29.6 Å². The number of Topliss-reactive ketones (excluding diaryl/α,β-unsaturated/α-hetero) is 2. The van der Waals surface area contributed by atoms with Crippen LogP contribution >= 0.6 is 0 Å². The Morgan fingerprint density at radius 3 is 2.55 bits per heavy atom. The molecule has 0 bridgehead atoms. The quantitative estimate of drug-likeness (QED) is 0.377. The average molecular weight is 434 g/mol. The summed E-state index contributed by atoms with van der Waals surface area (Å²) in [5.74, 6) is -1.97. The number of primary amides is 1. The van der Waals surface area contributed by atoms with Gasteiger partial charge in [-0.25, -0.2) is 9.86 Å². The molecule has 0 aromatic carbocycles. The topological polar surface area (TPSA) is 158 Å². The highest BCUT2D eigenvalue weighted by Crippen LogP contribution is 2.66. The largest absolute Gasteiger partial charge is 0.388 e. The summed E-state index contributed by atoms with van der Waals surface area (Å²) in [6.45, 7) is 2.77. The lowest BCUT2D eigenvalue weighted by Crippen LogP contribution is -2.65. The van der Waals surface area contributed by atoms with E-state index in [-0.39, 0.29) is 42.7 Å². The fourth-order valence-corrected chi connectivity index (χ4v) is 7.51. The second-order valence-electron chi connectivity index (χ2n) is 10.1. The van der Waals surface area contributed by atoms with Crippen LogP contribution in [0.4, 0.5) is 4.79 Å². The van der Waals surface area contributed by atoms with E-state index < -0.39 is 46.8 Å². The predicted octanol–water partition coefficient (Wildman–Crippen LogP) is 0.738. The van der Waals surface area contributed by atoms with E-state index >= 15 is 0 Å². The number of hydroxylamine groups is 2. The van der Waals surface area contributed by atoms with Crippen LogP contribution < -0.4 is 5.73 Å². The minimum atomic E-state index is -1.76. The van der Waals surface area contributed by atoms with Gasteiger partial charge < -0.3 is 15.9 Å². The summed E-state index contributed by atoms with van der Waals surface area (Å²) in [6, 6.07) is -2.04. The second kappa shape index (κ2) is 6.95. The van der Waals surface area contributed by atoms with Gasteiger partial charge >= 0.3 is 6.03 Å². The number of fused-ring (bicyclic) bond motifs is 5. The number of ketones is 3. The summed E-state index contributed by atoms with van der Waals surface area (Å²) in [7, 11) is 0. The second-order valence-corrected chi connectivity index (χ2v) is 10.1. The van der Waals surface area contributed by atoms with Gasteiger partial charge in [-0.2, -0.15) is 0 Å². The number of hydrogen-bond acceptors (Lipinski definition) is 7. The number of amides is 2. The van der Waals surface area contributed by atoms with Gasteiger partial charge in [0.25, 0.3) is 0 Å². The Labute approximate surface area is 180 Å². The van der Waals surface area contributed by atoms with Gasteiger partial charge in [0.05, 0.1) is 6.04 Å². The molecule has 0 aromatic heterocycles. The summed E-state index contributed by atoms with van der Waals surface area (Å²) >= 11 is 0. The van der Waals surface area contributed by atoms with E-state index in [0.717, 1.165) is 5.57 Å². The van der Waals surface area contributed by atoms with E-state index in [1.807, 2.05) is 0 Å². The van der Waals surface area contributed by atoms with Crippen LogP contribution in [0.2, 0.25) is 0 Å². The summed E-state index contributed by atoms with van der Waals surface area (Å²) < 4.78 is 0. The standard InChI is InChI=1S/C22H30N2O7/c1-20-9-15(27)18-13(14(20)5-6-22(20,30)17(28)10-25)4-3-11-7-12(26)8-16(21(11,18)2)24(31)19(23)29/h7,13-14,16,18,25,30-31H,3-6,8-10H2,1-2H3,(H2,23,29)/t13-,14-,16?,18+,20-,21+,22-/m0/s1. The van der Waals surface area contributed by atoms with Crippen molar-refractivity contribution >= 4 is 23.4 Å². The molecule has 4 aliphatic rings. The Morgan fingerprint density at radius 2 is 1.94 bits per heavy atom. The summed E-state index contributed by atoms with van der Waals surface area (Å²) in [4.78, 5) is 50.2. The molecule has 3 saturated carbocycles. The highest BCUT2D eigenvalue weighted by molar-refractivity contribution is 5.95. The smallest absolute Gasteiger partial charge is 0.338 e. The first kappa shape index (κ1) is 22.1. The zero-order valence-corrected chi connectivity index (χ0v) is 17.8. The Bertz CT molecular complexity index is 900. The fraction of sp³-hybridized carbons (Fsp3) is 0.727. The number of urea groups is 1. The molecule has 3 fully saturated rings. The van der Waals surface area contributed by atoms with Crippen molar-refractivity contribution in [3.63, 3.8) is 0 Å². The molecule has 0 aliphatic heterocycles. The molecule has 0 spiro atoms. The van der Waals surface area contributed by atoms with E-state index in [1.54, 1.807) is 13.8 Å². The number of nitrogens with zero attached hydrogens (tertiary/aromatic N) is 1. The van der Waals surface area contributed by atoms with Crippen LogP contribution in [0.25, 0.3) is 0 Å². The molecule has 4 aliphatic carbocycles. The number of nitrogens with two attached hydrogens (primary N) is 1. The fourth-order valence-electron chi connectivity index (χ4n) is 7.51. The lowest BCUT2D eigenvalue weighted by atomic mass is 9.45. The molecule has 0 radical (unpaired) electrons. The molecule has 9 nitrogen and oxygen atoms in total. The summed E-state index contributed by atoms with van der Waals surface area (Å²) in [5, 5.41) is 31.5. The van der Waals surface area contributed by atoms with Gasteiger partial charge in [-0.05, 0) is 43.6 Å². The van der Waals surface area contributed by atoms with Crippen molar-refractivity contribution in [1.29, 1.82) is 0 Å². The molecule has 0 saturated heterocycles. The van der Waals surface area contributed by atoms with Crippen LogP contribution in [0, 0.1) is 28.6 Å². The van der Waals surface area contributed by atoms with Crippen LogP contribution in [-0.2, 0) is 14.4 Å². The molecule has 1 unspecified atom stereocenters. The van der Waals surface area contributed by atoms with Crippen molar-refractivity contribution in [2.24, 2.45) is 34.3 Å². The minimum absolute atomic E-state index is 0.0490. The normalized spacial score (nSPS) is 44.1. The molecule has 31 heavy (non-hydrogen) atoms. The Balaban J connectivity index is 1.80. The van der Waals surface area contributed by atoms with E-state index in [4.69, 9.17) is 5.73 Å². The van der Waals surface area contributed by atoms with Gasteiger partial charge in [0.1, 0.15) is 18.0 Å². The van der Waals surface area contributed by atoms with E-state index in [9.17, 15) is 34.6 Å². The van der Waals surface area contributed by atoms with Gasteiger partial charge in [0.15, 0.2) is 11.6 Å². The predicted molar refractivity (Wildman–Crippen MR) is 107 cm³/mol. The Kier molecular flexibility index (Phi) is 4.96. The zero-order chi connectivity index (χ0) is 22.9. The highest BCUT2D eigenvalue weighted by atomic mass is 16.5. The number of rotatable bonds is 3. The van der Waals surface area contributed by atoms with Crippen LogP contribution in [-0.4, -0.2) is 62.1 Å². The lowest BCUT2D eigenvalue weighted by Gasteiger charge is -2.59. The molecule has 0 heterocycles. The molecule has 4 rings (SSSR count). The third kappa shape index (κ3) is 2.72. The van der Waals surface area contributed by atoms with Gasteiger partial charge in [0.2, 0.25) is 0 Å².